The van der Waals surface area contributed by atoms with Crippen LogP contribution in [0.2, 0.25) is 0 Å². The van der Waals surface area contributed by atoms with Gasteiger partial charge < -0.3 is 20.3 Å². The Kier molecular flexibility index (Phi) is 5.92. The first-order valence-corrected chi connectivity index (χ1v) is 8.88. The van der Waals surface area contributed by atoms with Crippen molar-refractivity contribution < 1.29 is 9.53 Å². The van der Waals surface area contributed by atoms with Gasteiger partial charge in [0.25, 0.3) is 0 Å². The van der Waals surface area contributed by atoms with Crippen LogP contribution in [-0.2, 0) is 4.74 Å². The van der Waals surface area contributed by atoms with E-state index in [2.05, 4.69) is 15.5 Å². The SMILES string of the molecule is O=C(NCCC1CCCNC1)N1CCN(C2CCOC2)CC1. The molecule has 3 fully saturated rings. The lowest BCUT2D eigenvalue weighted by molar-refractivity contribution is 0.0952. The second-order valence-corrected chi connectivity index (χ2v) is 6.77. The van der Waals surface area contributed by atoms with Crippen LogP contribution in [0.4, 0.5) is 4.79 Å². The third-order valence-electron chi connectivity index (χ3n) is 5.25. The highest BCUT2D eigenvalue weighted by atomic mass is 16.5. The molecule has 6 heteroatoms. The van der Waals surface area contributed by atoms with Crippen molar-refractivity contribution in [1.29, 1.82) is 0 Å². The maximum Gasteiger partial charge on any atom is 0.317 e. The highest BCUT2D eigenvalue weighted by Crippen LogP contribution is 2.15. The summed E-state index contributed by atoms with van der Waals surface area (Å²) in [7, 11) is 0. The predicted octanol–water partition coefficient (Wildman–Crippen LogP) is 0.492. The molecular formula is C16H30N4O2. The van der Waals surface area contributed by atoms with E-state index >= 15 is 0 Å². The lowest BCUT2D eigenvalue weighted by Crippen LogP contribution is -2.54. The van der Waals surface area contributed by atoms with Crippen molar-refractivity contribution in [3.63, 3.8) is 0 Å². The lowest BCUT2D eigenvalue weighted by Gasteiger charge is -2.37. The third kappa shape index (κ3) is 4.33. The molecule has 0 aliphatic carbocycles. The second-order valence-electron chi connectivity index (χ2n) is 6.77. The van der Waals surface area contributed by atoms with Gasteiger partial charge in [0.05, 0.1) is 6.61 Å². The van der Waals surface area contributed by atoms with Crippen LogP contribution in [0.25, 0.3) is 0 Å². The number of piperazine rings is 1. The van der Waals surface area contributed by atoms with Crippen molar-refractivity contribution >= 4 is 6.03 Å². The Bertz CT molecular complexity index is 346. The van der Waals surface area contributed by atoms with E-state index in [0.29, 0.717) is 6.04 Å². The number of piperidine rings is 1. The number of nitrogens with zero attached hydrogens (tertiary/aromatic N) is 2. The number of amides is 2. The topological polar surface area (TPSA) is 56.8 Å². The number of carbonyl (C=O) groups is 1. The molecule has 0 bridgehead atoms. The summed E-state index contributed by atoms with van der Waals surface area (Å²) in [4.78, 5) is 16.7. The summed E-state index contributed by atoms with van der Waals surface area (Å²) in [5.74, 6) is 0.730. The minimum Gasteiger partial charge on any atom is -0.380 e. The molecule has 3 aliphatic heterocycles. The van der Waals surface area contributed by atoms with Gasteiger partial charge in [-0.2, -0.15) is 0 Å². The summed E-state index contributed by atoms with van der Waals surface area (Å²) in [6.45, 7) is 8.46. The first-order chi connectivity index (χ1) is 10.8. The summed E-state index contributed by atoms with van der Waals surface area (Å²) in [5, 5.41) is 6.53. The van der Waals surface area contributed by atoms with Crippen molar-refractivity contribution in [2.75, 3.05) is 59.0 Å². The molecule has 0 spiro atoms. The molecular weight excluding hydrogens is 280 g/mol. The van der Waals surface area contributed by atoms with Crippen molar-refractivity contribution in [2.45, 2.75) is 31.7 Å². The van der Waals surface area contributed by atoms with Crippen molar-refractivity contribution in [1.82, 2.24) is 20.4 Å². The normalized spacial score (nSPS) is 30.5. The van der Waals surface area contributed by atoms with Gasteiger partial charge in [-0.25, -0.2) is 4.79 Å². The van der Waals surface area contributed by atoms with Crippen LogP contribution >= 0.6 is 0 Å². The number of rotatable bonds is 4. The Hall–Kier alpha value is -0.850. The van der Waals surface area contributed by atoms with E-state index in [9.17, 15) is 4.79 Å². The van der Waals surface area contributed by atoms with Gasteiger partial charge in [-0.3, -0.25) is 4.90 Å². The highest BCUT2D eigenvalue weighted by molar-refractivity contribution is 5.74. The minimum absolute atomic E-state index is 0.117. The molecule has 3 saturated heterocycles. The summed E-state index contributed by atoms with van der Waals surface area (Å²) < 4.78 is 5.46. The van der Waals surface area contributed by atoms with Crippen molar-refractivity contribution in [3.8, 4) is 0 Å². The standard InChI is InChI=1S/C16H30N4O2/c21-16(18-6-3-14-2-1-5-17-12-14)20-9-7-19(8-10-20)15-4-11-22-13-15/h14-15,17H,1-13H2,(H,18,21). The number of ether oxygens (including phenoxy) is 1. The molecule has 0 aromatic heterocycles. The van der Waals surface area contributed by atoms with Gasteiger partial charge in [0.1, 0.15) is 0 Å². The fourth-order valence-electron chi connectivity index (χ4n) is 3.77. The highest BCUT2D eigenvalue weighted by Gasteiger charge is 2.28. The van der Waals surface area contributed by atoms with E-state index in [1.165, 1.54) is 12.8 Å². The van der Waals surface area contributed by atoms with Crippen LogP contribution in [-0.4, -0.2) is 80.9 Å². The van der Waals surface area contributed by atoms with Gasteiger partial charge in [0.2, 0.25) is 0 Å². The third-order valence-corrected chi connectivity index (χ3v) is 5.25. The van der Waals surface area contributed by atoms with Gasteiger partial charge in [0, 0.05) is 45.4 Å². The molecule has 2 N–H and O–H groups in total. The molecule has 22 heavy (non-hydrogen) atoms. The fraction of sp³-hybridized carbons (Fsp3) is 0.938. The van der Waals surface area contributed by atoms with Crippen LogP contribution in [0.15, 0.2) is 0 Å². The predicted molar refractivity (Wildman–Crippen MR) is 86.0 cm³/mol. The molecule has 2 unspecified atom stereocenters. The largest absolute Gasteiger partial charge is 0.380 e. The Morgan fingerprint density at radius 2 is 2.09 bits per heavy atom. The molecule has 0 saturated carbocycles. The van der Waals surface area contributed by atoms with Crippen LogP contribution in [0, 0.1) is 5.92 Å². The Morgan fingerprint density at radius 1 is 1.23 bits per heavy atom. The molecule has 2 atom stereocenters. The van der Waals surface area contributed by atoms with E-state index in [-0.39, 0.29) is 6.03 Å². The number of urea groups is 1. The maximum atomic E-state index is 12.2. The zero-order valence-electron chi connectivity index (χ0n) is 13.6. The van der Waals surface area contributed by atoms with E-state index in [1.807, 2.05) is 4.90 Å². The van der Waals surface area contributed by atoms with Crippen LogP contribution in [0.3, 0.4) is 0 Å². The van der Waals surface area contributed by atoms with E-state index in [4.69, 9.17) is 4.74 Å². The average molecular weight is 310 g/mol. The monoisotopic (exact) mass is 310 g/mol. The van der Waals surface area contributed by atoms with Gasteiger partial charge in [-0.05, 0) is 44.7 Å². The molecule has 126 valence electrons. The van der Waals surface area contributed by atoms with Crippen molar-refractivity contribution in [2.24, 2.45) is 5.92 Å². The van der Waals surface area contributed by atoms with Gasteiger partial charge in [-0.15, -0.1) is 0 Å². The molecule has 2 amide bonds. The lowest BCUT2D eigenvalue weighted by atomic mass is 9.96. The summed E-state index contributed by atoms with van der Waals surface area (Å²) >= 11 is 0. The molecule has 3 rings (SSSR count). The molecule has 0 aromatic carbocycles. The molecule has 3 aliphatic rings. The number of hydrogen-bond acceptors (Lipinski definition) is 4. The average Bonchev–Trinajstić information content (AvgIpc) is 3.10. The first kappa shape index (κ1) is 16.0. The number of carbonyl (C=O) groups excluding carboxylic acids is 1. The maximum absolute atomic E-state index is 12.2. The first-order valence-electron chi connectivity index (χ1n) is 8.88. The minimum atomic E-state index is 0.117. The molecule has 6 nitrogen and oxygen atoms in total. The summed E-state index contributed by atoms with van der Waals surface area (Å²) in [6.07, 6.45) is 4.80. The van der Waals surface area contributed by atoms with Gasteiger partial charge >= 0.3 is 6.03 Å². The Morgan fingerprint density at radius 3 is 2.77 bits per heavy atom. The van der Waals surface area contributed by atoms with E-state index in [1.54, 1.807) is 0 Å². The summed E-state index contributed by atoms with van der Waals surface area (Å²) in [6, 6.07) is 0.690. The van der Waals surface area contributed by atoms with Crippen LogP contribution < -0.4 is 10.6 Å². The Balaban J connectivity index is 1.31. The van der Waals surface area contributed by atoms with Crippen LogP contribution in [0.1, 0.15) is 25.7 Å². The second kappa shape index (κ2) is 8.13. The number of nitrogens with one attached hydrogen (secondary N) is 2. The van der Waals surface area contributed by atoms with Crippen molar-refractivity contribution in [3.05, 3.63) is 0 Å². The van der Waals surface area contributed by atoms with Crippen LogP contribution in [0.5, 0.6) is 0 Å². The van der Waals surface area contributed by atoms with Gasteiger partial charge in [-0.1, -0.05) is 0 Å². The van der Waals surface area contributed by atoms with Gasteiger partial charge in [0.15, 0.2) is 0 Å². The zero-order valence-corrected chi connectivity index (χ0v) is 13.6. The quantitative estimate of drug-likeness (QED) is 0.794. The zero-order chi connectivity index (χ0) is 15.2. The van der Waals surface area contributed by atoms with E-state index < -0.39 is 0 Å². The molecule has 0 aromatic rings. The van der Waals surface area contributed by atoms with E-state index in [0.717, 1.165) is 77.8 Å². The molecule has 0 radical (unpaired) electrons. The number of hydrogen-bond donors (Lipinski definition) is 2. The fourth-order valence-corrected chi connectivity index (χ4v) is 3.77. The Labute approximate surface area is 133 Å². The smallest absolute Gasteiger partial charge is 0.317 e. The summed E-state index contributed by atoms with van der Waals surface area (Å²) in [5.41, 5.74) is 0. The molecule has 3 heterocycles.